The zero-order valence-corrected chi connectivity index (χ0v) is 12.7. The molecule has 1 aliphatic heterocycles. The fraction of sp³-hybridized carbons (Fsp3) is 0.500. The lowest BCUT2D eigenvalue weighted by Crippen LogP contribution is -2.24. The number of carbonyl (C=O) groups excluding carboxylic acids is 1. The van der Waals surface area contributed by atoms with Crippen molar-refractivity contribution in [2.75, 3.05) is 26.7 Å². The number of aliphatic carboxylic acids is 1. The lowest BCUT2D eigenvalue weighted by Gasteiger charge is -2.16. The Morgan fingerprint density at radius 3 is 2.73 bits per heavy atom. The Kier molecular flexibility index (Phi) is 5.77. The number of likely N-dealkylation sites (tertiary alicyclic amines) is 1. The van der Waals surface area contributed by atoms with Crippen LogP contribution in [0.2, 0.25) is 0 Å². The highest BCUT2D eigenvalue weighted by molar-refractivity contribution is 5.75. The van der Waals surface area contributed by atoms with E-state index in [1.54, 1.807) is 19.2 Å². The minimum absolute atomic E-state index is 0.104. The summed E-state index contributed by atoms with van der Waals surface area (Å²) >= 11 is 0. The van der Waals surface area contributed by atoms with Gasteiger partial charge < -0.3 is 15.2 Å². The van der Waals surface area contributed by atoms with E-state index in [9.17, 15) is 9.59 Å². The fourth-order valence-electron chi connectivity index (χ4n) is 2.68. The zero-order valence-electron chi connectivity index (χ0n) is 12.7. The summed E-state index contributed by atoms with van der Waals surface area (Å²) in [5.41, 5.74) is 1.16. The second kappa shape index (κ2) is 7.79. The Balaban J connectivity index is 1.79. The number of nitrogens with zero attached hydrogens (tertiary/aromatic N) is 1. The largest absolute Gasteiger partial charge is 0.482 e. The molecule has 0 spiro atoms. The lowest BCUT2D eigenvalue weighted by molar-refractivity contribution is -0.139. The van der Waals surface area contributed by atoms with Crippen LogP contribution in [-0.2, 0) is 16.1 Å². The predicted molar refractivity (Wildman–Crippen MR) is 81.6 cm³/mol. The molecule has 0 aliphatic carbocycles. The van der Waals surface area contributed by atoms with Crippen LogP contribution in [0, 0.1) is 5.92 Å². The minimum atomic E-state index is -0.983. The van der Waals surface area contributed by atoms with E-state index < -0.39 is 5.97 Å². The van der Waals surface area contributed by atoms with Crippen molar-refractivity contribution in [2.45, 2.75) is 19.4 Å². The number of amides is 1. The summed E-state index contributed by atoms with van der Waals surface area (Å²) in [6.07, 6.45) is 1.64. The van der Waals surface area contributed by atoms with E-state index in [1.807, 2.05) is 12.1 Å². The molecule has 1 aromatic rings. The normalized spacial score (nSPS) is 18.1. The van der Waals surface area contributed by atoms with Crippen LogP contribution in [0.5, 0.6) is 5.75 Å². The number of carboxylic acids is 1. The van der Waals surface area contributed by atoms with Gasteiger partial charge in [0, 0.05) is 26.6 Å². The van der Waals surface area contributed by atoms with Gasteiger partial charge in [0.05, 0.1) is 0 Å². The Labute approximate surface area is 130 Å². The lowest BCUT2D eigenvalue weighted by atomic mass is 10.0. The smallest absolute Gasteiger partial charge is 0.341 e. The van der Waals surface area contributed by atoms with Crippen LogP contribution in [-0.4, -0.2) is 48.6 Å². The molecule has 2 N–H and O–H groups in total. The van der Waals surface area contributed by atoms with Crippen molar-refractivity contribution in [2.24, 2.45) is 5.92 Å². The summed E-state index contributed by atoms with van der Waals surface area (Å²) in [7, 11) is 1.67. The predicted octanol–water partition coefficient (Wildman–Crippen LogP) is 1.11. The third-order valence-corrected chi connectivity index (χ3v) is 3.81. The van der Waals surface area contributed by atoms with E-state index in [4.69, 9.17) is 9.84 Å². The molecular weight excluding hydrogens is 284 g/mol. The van der Waals surface area contributed by atoms with Crippen molar-refractivity contribution in [1.29, 1.82) is 0 Å². The second-order valence-electron chi connectivity index (χ2n) is 5.59. The average molecular weight is 306 g/mol. The molecule has 1 saturated heterocycles. The van der Waals surface area contributed by atoms with E-state index in [1.165, 1.54) is 0 Å². The molecule has 1 aromatic carbocycles. The van der Waals surface area contributed by atoms with Gasteiger partial charge in [0.25, 0.3) is 0 Å². The number of carboxylic acid groups (broad SMARTS) is 1. The van der Waals surface area contributed by atoms with Crippen molar-refractivity contribution in [1.82, 2.24) is 10.2 Å². The molecule has 1 aliphatic rings. The Morgan fingerprint density at radius 2 is 2.09 bits per heavy atom. The Morgan fingerprint density at radius 1 is 1.36 bits per heavy atom. The molecule has 0 bridgehead atoms. The van der Waals surface area contributed by atoms with Gasteiger partial charge >= 0.3 is 5.97 Å². The third-order valence-electron chi connectivity index (χ3n) is 3.81. The molecule has 1 atom stereocenters. The van der Waals surface area contributed by atoms with E-state index in [0.29, 0.717) is 18.1 Å². The van der Waals surface area contributed by atoms with Gasteiger partial charge in [-0.15, -0.1) is 0 Å². The van der Waals surface area contributed by atoms with Crippen LogP contribution in [0.4, 0.5) is 0 Å². The highest BCUT2D eigenvalue weighted by atomic mass is 16.5. The summed E-state index contributed by atoms with van der Waals surface area (Å²) in [4.78, 5) is 24.2. The average Bonchev–Trinajstić information content (AvgIpc) is 2.93. The molecule has 0 aromatic heterocycles. The maximum absolute atomic E-state index is 11.4. The van der Waals surface area contributed by atoms with Crippen LogP contribution < -0.4 is 10.1 Å². The van der Waals surface area contributed by atoms with Gasteiger partial charge in [-0.1, -0.05) is 12.1 Å². The highest BCUT2D eigenvalue weighted by Crippen LogP contribution is 2.22. The molecule has 0 radical (unpaired) electrons. The molecule has 6 nitrogen and oxygen atoms in total. The zero-order chi connectivity index (χ0) is 15.9. The fourth-order valence-corrected chi connectivity index (χ4v) is 2.68. The maximum atomic E-state index is 11.4. The summed E-state index contributed by atoms with van der Waals surface area (Å²) in [6.45, 7) is 2.44. The van der Waals surface area contributed by atoms with Gasteiger partial charge in [-0.3, -0.25) is 9.69 Å². The number of hydrogen-bond acceptors (Lipinski definition) is 4. The molecule has 0 unspecified atom stereocenters. The second-order valence-corrected chi connectivity index (χ2v) is 5.59. The first-order chi connectivity index (χ1) is 10.6. The molecule has 1 fully saturated rings. The topological polar surface area (TPSA) is 78.9 Å². The van der Waals surface area contributed by atoms with Crippen LogP contribution in [0.15, 0.2) is 24.3 Å². The van der Waals surface area contributed by atoms with Crippen LogP contribution >= 0.6 is 0 Å². The number of nitrogens with one attached hydrogen (secondary N) is 1. The molecule has 1 amide bonds. The SMILES string of the molecule is CNC(=O)C[C@@H]1CCN(Cc2ccc(OCC(=O)O)cc2)C1. The number of hydrogen-bond donors (Lipinski definition) is 2. The van der Waals surface area contributed by atoms with Gasteiger partial charge in [-0.25, -0.2) is 4.79 Å². The first-order valence-electron chi connectivity index (χ1n) is 7.43. The summed E-state index contributed by atoms with van der Waals surface area (Å²) in [5, 5.41) is 11.2. The molecule has 6 heteroatoms. The molecule has 0 saturated carbocycles. The number of rotatable bonds is 7. The van der Waals surface area contributed by atoms with Crippen molar-refractivity contribution in [3.8, 4) is 5.75 Å². The Hall–Kier alpha value is -2.08. The van der Waals surface area contributed by atoms with Crippen LogP contribution in [0.25, 0.3) is 0 Å². The van der Waals surface area contributed by atoms with Gasteiger partial charge in [-0.05, 0) is 36.6 Å². The van der Waals surface area contributed by atoms with Gasteiger partial charge in [0.2, 0.25) is 5.91 Å². The van der Waals surface area contributed by atoms with Crippen molar-refractivity contribution in [3.05, 3.63) is 29.8 Å². The van der Waals surface area contributed by atoms with Gasteiger partial charge in [0.1, 0.15) is 5.75 Å². The van der Waals surface area contributed by atoms with Gasteiger partial charge in [-0.2, -0.15) is 0 Å². The van der Waals surface area contributed by atoms with E-state index in [-0.39, 0.29) is 12.5 Å². The summed E-state index contributed by atoms with van der Waals surface area (Å²) in [6, 6.07) is 7.47. The summed E-state index contributed by atoms with van der Waals surface area (Å²) < 4.78 is 5.11. The third kappa shape index (κ3) is 5.04. The van der Waals surface area contributed by atoms with Crippen molar-refractivity contribution < 1.29 is 19.4 Å². The molecule has 22 heavy (non-hydrogen) atoms. The van der Waals surface area contributed by atoms with E-state index >= 15 is 0 Å². The number of ether oxygens (including phenoxy) is 1. The molecule has 2 rings (SSSR count). The maximum Gasteiger partial charge on any atom is 0.341 e. The first kappa shape index (κ1) is 16.3. The Bertz CT molecular complexity index is 515. The van der Waals surface area contributed by atoms with Crippen LogP contribution in [0.1, 0.15) is 18.4 Å². The molecular formula is C16H22N2O4. The monoisotopic (exact) mass is 306 g/mol. The van der Waals surface area contributed by atoms with Crippen LogP contribution in [0.3, 0.4) is 0 Å². The first-order valence-corrected chi connectivity index (χ1v) is 7.43. The van der Waals surface area contributed by atoms with Crippen molar-refractivity contribution in [3.63, 3.8) is 0 Å². The quantitative estimate of drug-likeness (QED) is 0.789. The molecule has 120 valence electrons. The van der Waals surface area contributed by atoms with E-state index in [2.05, 4.69) is 10.2 Å². The number of benzene rings is 1. The number of carbonyl (C=O) groups is 2. The van der Waals surface area contributed by atoms with Gasteiger partial charge in [0.15, 0.2) is 6.61 Å². The molecule has 1 heterocycles. The highest BCUT2D eigenvalue weighted by Gasteiger charge is 2.24. The van der Waals surface area contributed by atoms with E-state index in [0.717, 1.165) is 31.6 Å². The van der Waals surface area contributed by atoms with Crippen molar-refractivity contribution >= 4 is 11.9 Å². The summed E-state index contributed by atoms with van der Waals surface area (Å²) in [5.74, 6) is 0.110. The standard InChI is InChI=1S/C16H22N2O4/c1-17-15(19)8-13-6-7-18(10-13)9-12-2-4-14(5-3-12)22-11-16(20)21/h2-5,13H,6-11H2,1H3,(H,17,19)(H,20,21)/t13-/m0/s1. The minimum Gasteiger partial charge on any atom is -0.482 e.